The Morgan fingerprint density at radius 3 is 2.29 bits per heavy atom. The third kappa shape index (κ3) is 4.14. The minimum atomic E-state index is -0.918. The molecule has 0 unspecified atom stereocenters. The van der Waals surface area contributed by atoms with Gasteiger partial charge in [0.1, 0.15) is 12.2 Å². The average Bonchev–Trinajstić information content (AvgIpc) is 3.34. The molecule has 5 rings (SSSR count). The molecule has 2 aliphatic carbocycles. The van der Waals surface area contributed by atoms with Crippen LogP contribution in [0.15, 0.2) is 54.7 Å². The summed E-state index contributed by atoms with van der Waals surface area (Å²) in [7, 11) is 1.63. The van der Waals surface area contributed by atoms with Crippen molar-refractivity contribution in [2.24, 2.45) is 12.5 Å². The summed E-state index contributed by atoms with van der Waals surface area (Å²) in [6.45, 7) is 0.163. The molecule has 9 nitrogen and oxygen atoms in total. The third-order valence-corrected chi connectivity index (χ3v) is 6.99. The van der Waals surface area contributed by atoms with Crippen molar-refractivity contribution in [3.05, 3.63) is 71.4 Å². The fraction of sp³-hybridized carbons (Fsp3) is 0.308. The summed E-state index contributed by atoms with van der Waals surface area (Å²) >= 11 is 0. The van der Waals surface area contributed by atoms with Gasteiger partial charge in [-0.3, -0.25) is 19.6 Å². The molecule has 1 aromatic heterocycles. The number of carboxylic acid groups (broad SMARTS) is 1. The number of nitrogens with zero attached hydrogens (tertiary/aromatic N) is 2. The number of aliphatic carboxylic acids is 1. The number of aromatic nitrogens is 2. The molecule has 0 bridgehead atoms. The maximum atomic E-state index is 12.8. The minimum absolute atomic E-state index is 0.0282. The zero-order valence-corrected chi connectivity index (χ0v) is 19.3. The Labute approximate surface area is 202 Å². The number of amides is 2. The van der Waals surface area contributed by atoms with Crippen molar-refractivity contribution >= 4 is 23.8 Å². The zero-order valence-electron chi connectivity index (χ0n) is 19.3. The molecular formula is C26H26N4O5. The van der Waals surface area contributed by atoms with E-state index >= 15 is 0 Å². The van der Waals surface area contributed by atoms with Gasteiger partial charge in [-0.2, -0.15) is 5.10 Å². The smallest absolute Gasteiger partial charge is 0.412 e. The molecule has 1 heterocycles. The zero-order chi connectivity index (χ0) is 24.6. The van der Waals surface area contributed by atoms with Gasteiger partial charge in [-0.15, -0.1) is 0 Å². The first-order valence-corrected chi connectivity index (χ1v) is 11.6. The Hall–Kier alpha value is -4.14. The van der Waals surface area contributed by atoms with Crippen LogP contribution in [0.3, 0.4) is 0 Å². The van der Waals surface area contributed by atoms with Crippen LogP contribution >= 0.6 is 0 Å². The summed E-state index contributed by atoms with van der Waals surface area (Å²) in [6.07, 6.45) is 2.63. The normalized spacial score (nSPS) is 15.5. The SMILES string of the molecule is Cn1cc(C(=O)NCC2(C(=O)O)CCC2)c(NC(=O)OCC2c3ccccc3-c3ccccc32)n1. The number of aryl methyl sites for hydroxylation is 1. The molecule has 2 amide bonds. The maximum absolute atomic E-state index is 12.8. The first-order valence-electron chi connectivity index (χ1n) is 11.6. The number of carbonyl (C=O) groups is 3. The van der Waals surface area contributed by atoms with Crippen LogP contribution in [0.1, 0.15) is 46.7 Å². The Balaban J connectivity index is 1.24. The van der Waals surface area contributed by atoms with E-state index in [-0.39, 0.29) is 30.5 Å². The van der Waals surface area contributed by atoms with Crippen LogP contribution in [-0.4, -0.2) is 46.0 Å². The molecule has 1 saturated carbocycles. The predicted octanol–water partition coefficient (Wildman–Crippen LogP) is 3.77. The van der Waals surface area contributed by atoms with E-state index in [1.165, 1.54) is 10.9 Å². The number of carbonyl (C=O) groups excluding carboxylic acids is 2. The topological polar surface area (TPSA) is 123 Å². The molecular weight excluding hydrogens is 448 g/mol. The van der Waals surface area contributed by atoms with Crippen LogP contribution < -0.4 is 10.6 Å². The van der Waals surface area contributed by atoms with E-state index in [2.05, 4.69) is 27.9 Å². The minimum Gasteiger partial charge on any atom is -0.481 e. The van der Waals surface area contributed by atoms with E-state index in [9.17, 15) is 19.5 Å². The van der Waals surface area contributed by atoms with Gasteiger partial charge in [-0.05, 0) is 35.1 Å². The number of nitrogens with one attached hydrogen (secondary N) is 2. The summed E-state index contributed by atoms with van der Waals surface area (Å²) < 4.78 is 6.96. The second-order valence-corrected chi connectivity index (χ2v) is 9.14. The Bertz CT molecular complexity index is 1270. The van der Waals surface area contributed by atoms with Gasteiger partial charge in [0.2, 0.25) is 0 Å². The number of carboxylic acids is 1. The lowest BCUT2D eigenvalue weighted by Gasteiger charge is -2.37. The Morgan fingerprint density at radius 1 is 1.09 bits per heavy atom. The van der Waals surface area contributed by atoms with Gasteiger partial charge in [-0.1, -0.05) is 55.0 Å². The molecule has 0 radical (unpaired) electrons. The van der Waals surface area contributed by atoms with Crippen LogP contribution in [0.25, 0.3) is 11.1 Å². The second kappa shape index (κ2) is 8.90. The highest BCUT2D eigenvalue weighted by atomic mass is 16.5. The van der Waals surface area contributed by atoms with E-state index in [0.717, 1.165) is 28.7 Å². The molecule has 3 N–H and O–H groups in total. The van der Waals surface area contributed by atoms with E-state index in [0.29, 0.717) is 12.8 Å². The van der Waals surface area contributed by atoms with Crippen molar-refractivity contribution in [2.45, 2.75) is 25.2 Å². The molecule has 2 aromatic carbocycles. The first-order chi connectivity index (χ1) is 16.9. The number of rotatable bonds is 7. The maximum Gasteiger partial charge on any atom is 0.412 e. The van der Waals surface area contributed by atoms with E-state index in [1.807, 2.05) is 36.4 Å². The quantitative estimate of drug-likeness (QED) is 0.479. The molecule has 1 fully saturated rings. The molecule has 0 saturated heterocycles. The van der Waals surface area contributed by atoms with Crippen molar-refractivity contribution in [2.75, 3.05) is 18.5 Å². The Morgan fingerprint density at radius 2 is 1.71 bits per heavy atom. The van der Waals surface area contributed by atoms with Crippen LogP contribution in [-0.2, 0) is 16.6 Å². The predicted molar refractivity (Wildman–Crippen MR) is 128 cm³/mol. The molecule has 2 aliphatic rings. The highest BCUT2D eigenvalue weighted by Gasteiger charge is 2.44. The van der Waals surface area contributed by atoms with E-state index in [1.54, 1.807) is 7.05 Å². The summed E-state index contributed by atoms with van der Waals surface area (Å²) in [5.74, 6) is -1.44. The largest absolute Gasteiger partial charge is 0.481 e. The van der Waals surface area contributed by atoms with Gasteiger partial charge < -0.3 is 15.2 Å². The lowest BCUT2D eigenvalue weighted by Crippen LogP contribution is -2.47. The van der Waals surface area contributed by atoms with Crippen molar-refractivity contribution in [1.82, 2.24) is 15.1 Å². The first kappa shape index (κ1) is 22.6. The Kier molecular flexibility index (Phi) is 5.76. The standard InChI is InChI=1S/C26H26N4O5/c1-30-13-20(23(31)27-15-26(24(32)33)11-6-12-26)22(29-30)28-25(34)35-14-21-18-9-4-2-7-16(18)17-8-3-5-10-19(17)21/h2-5,7-10,13,21H,6,11-12,14-15H2,1H3,(H,27,31)(H,32,33)(H,28,29,34). The number of fused-ring (bicyclic) bond motifs is 3. The van der Waals surface area contributed by atoms with E-state index < -0.39 is 23.4 Å². The van der Waals surface area contributed by atoms with Crippen molar-refractivity contribution in [3.63, 3.8) is 0 Å². The summed E-state index contributed by atoms with van der Waals surface area (Å²) in [4.78, 5) is 37.0. The van der Waals surface area contributed by atoms with Gasteiger partial charge in [0.05, 0.1) is 5.41 Å². The van der Waals surface area contributed by atoms with Crippen molar-refractivity contribution in [1.29, 1.82) is 0 Å². The van der Waals surface area contributed by atoms with Gasteiger partial charge in [0, 0.05) is 25.7 Å². The number of anilines is 1. The van der Waals surface area contributed by atoms with E-state index in [4.69, 9.17) is 4.74 Å². The molecule has 35 heavy (non-hydrogen) atoms. The number of benzene rings is 2. The number of hydrogen-bond donors (Lipinski definition) is 3. The van der Waals surface area contributed by atoms with Gasteiger partial charge >= 0.3 is 12.1 Å². The van der Waals surface area contributed by atoms with Gasteiger partial charge in [0.15, 0.2) is 5.82 Å². The summed E-state index contributed by atoms with van der Waals surface area (Å²) in [6, 6.07) is 16.1. The molecule has 0 aliphatic heterocycles. The molecule has 0 atom stereocenters. The fourth-order valence-electron chi connectivity index (χ4n) is 4.89. The molecule has 0 spiro atoms. The number of ether oxygens (including phenoxy) is 1. The fourth-order valence-corrected chi connectivity index (χ4v) is 4.89. The third-order valence-electron chi connectivity index (χ3n) is 6.99. The average molecular weight is 475 g/mol. The monoisotopic (exact) mass is 474 g/mol. The van der Waals surface area contributed by atoms with Gasteiger partial charge in [0.25, 0.3) is 5.91 Å². The lowest BCUT2D eigenvalue weighted by molar-refractivity contribution is -0.153. The summed E-state index contributed by atoms with van der Waals surface area (Å²) in [5.41, 5.74) is 3.68. The highest BCUT2D eigenvalue weighted by Crippen LogP contribution is 2.44. The molecule has 3 aromatic rings. The second-order valence-electron chi connectivity index (χ2n) is 9.14. The van der Waals surface area contributed by atoms with Crippen molar-refractivity contribution < 1.29 is 24.2 Å². The van der Waals surface area contributed by atoms with Gasteiger partial charge in [-0.25, -0.2) is 4.79 Å². The molecule has 9 heteroatoms. The highest BCUT2D eigenvalue weighted by molar-refractivity contribution is 6.01. The number of hydrogen-bond acceptors (Lipinski definition) is 5. The van der Waals surface area contributed by atoms with Crippen LogP contribution in [0, 0.1) is 5.41 Å². The van der Waals surface area contributed by atoms with Crippen LogP contribution in [0.5, 0.6) is 0 Å². The van der Waals surface area contributed by atoms with Crippen LogP contribution in [0.2, 0.25) is 0 Å². The summed E-state index contributed by atoms with van der Waals surface area (Å²) in [5, 5.41) is 18.9. The van der Waals surface area contributed by atoms with Crippen molar-refractivity contribution in [3.8, 4) is 11.1 Å². The lowest BCUT2D eigenvalue weighted by atomic mass is 9.69. The molecule has 180 valence electrons. The van der Waals surface area contributed by atoms with Crippen LogP contribution in [0.4, 0.5) is 10.6 Å².